The molecule has 0 aromatic rings. The van der Waals surface area contributed by atoms with Gasteiger partial charge in [-0.05, 0) is 38.1 Å². The first-order chi connectivity index (χ1) is 6.81. The quantitative estimate of drug-likeness (QED) is 0.732. The second kappa shape index (κ2) is 4.63. The zero-order chi connectivity index (χ0) is 9.97. The maximum absolute atomic E-state index is 9.29. The molecule has 1 aliphatic carbocycles. The van der Waals surface area contributed by atoms with E-state index in [1.54, 1.807) is 0 Å². The zero-order valence-electron chi connectivity index (χ0n) is 9.28. The first-order valence-electron chi connectivity index (χ1n) is 6.18. The summed E-state index contributed by atoms with van der Waals surface area (Å²) in [6, 6.07) is 1.25. The molecule has 0 spiro atoms. The van der Waals surface area contributed by atoms with E-state index in [1.165, 1.54) is 45.1 Å². The van der Waals surface area contributed by atoms with Crippen molar-refractivity contribution in [1.29, 1.82) is 0 Å². The van der Waals surface area contributed by atoms with Gasteiger partial charge in [0.15, 0.2) is 0 Å². The molecule has 0 aromatic heterocycles. The van der Waals surface area contributed by atoms with Crippen LogP contribution in [0.1, 0.15) is 45.4 Å². The average Bonchev–Trinajstić information content (AvgIpc) is 2.65. The second-order valence-corrected chi connectivity index (χ2v) is 5.14. The predicted molar refractivity (Wildman–Crippen MR) is 58.2 cm³/mol. The summed E-state index contributed by atoms with van der Waals surface area (Å²) in [5.74, 6) is 0.897. The third kappa shape index (κ3) is 2.12. The summed E-state index contributed by atoms with van der Waals surface area (Å²) in [5.41, 5.74) is 0. The molecule has 1 heterocycles. The summed E-state index contributed by atoms with van der Waals surface area (Å²) in [7, 11) is 0. The van der Waals surface area contributed by atoms with Crippen molar-refractivity contribution >= 4 is 0 Å². The zero-order valence-corrected chi connectivity index (χ0v) is 9.28. The van der Waals surface area contributed by atoms with E-state index in [9.17, 15) is 5.11 Å². The van der Waals surface area contributed by atoms with E-state index in [-0.39, 0.29) is 0 Å². The topological polar surface area (TPSA) is 23.5 Å². The molecule has 1 aliphatic heterocycles. The Morgan fingerprint density at radius 1 is 1.21 bits per heavy atom. The van der Waals surface area contributed by atoms with Gasteiger partial charge in [0, 0.05) is 12.1 Å². The smallest absolute Gasteiger partial charge is 0.0586 e. The number of rotatable bonds is 2. The van der Waals surface area contributed by atoms with Crippen molar-refractivity contribution in [2.45, 2.75) is 57.5 Å². The van der Waals surface area contributed by atoms with Gasteiger partial charge < -0.3 is 5.11 Å². The van der Waals surface area contributed by atoms with Crippen LogP contribution >= 0.6 is 0 Å². The molecule has 3 atom stereocenters. The van der Waals surface area contributed by atoms with Crippen LogP contribution in [0.15, 0.2) is 0 Å². The molecule has 2 rings (SSSR count). The Labute approximate surface area is 87.3 Å². The molecular weight excluding hydrogens is 174 g/mol. The SMILES string of the molecule is CC1CCCC(N2CCC[C@H]2CO)C1. The van der Waals surface area contributed by atoms with Crippen molar-refractivity contribution < 1.29 is 5.11 Å². The van der Waals surface area contributed by atoms with Crippen LogP contribution < -0.4 is 0 Å². The Kier molecular flexibility index (Phi) is 3.45. The first-order valence-corrected chi connectivity index (χ1v) is 6.18. The van der Waals surface area contributed by atoms with Crippen LogP contribution in [-0.4, -0.2) is 35.2 Å². The van der Waals surface area contributed by atoms with Crippen molar-refractivity contribution in [2.24, 2.45) is 5.92 Å². The van der Waals surface area contributed by atoms with E-state index in [0.717, 1.165) is 12.0 Å². The first kappa shape index (κ1) is 10.4. The highest BCUT2D eigenvalue weighted by molar-refractivity contribution is 4.87. The molecule has 2 fully saturated rings. The van der Waals surface area contributed by atoms with Crippen LogP contribution in [0.2, 0.25) is 0 Å². The standard InChI is InChI=1S/C12H23NO/c1-10-4-2-5-11(8-10)13-7-3-6-12(13)9-14/h10-12,14H,2-9H2,1H3/t10?,11?,12-/m0/s1. The number of aliphatic hydroxyl groups is 1. The summed E-state index contributed by atoms with van der Waals surface area (Å²) in [6.45, 7) is 3.96. The molecule has 2 nitrogen and oxygen atoms in total. The number of likely N-dealkylation sites (tertiary alicyclic amines) is 1. The van der Waals surface area contributed by atoms with Gasteiger partial charge in [-0.25, -0.2) is 0 Å². The molecule has 82 valence electrons. The highest BCUT2D eigenvalue weighted by Gasteiger charge is 2.32. The van der Waals surface area contributed by atoms with Crippen LogP contribution in [0, 0.1) is 5.92 Å². The minimum absolute atomic E-state index is 0.366. The Morgan fingerprint density at radius 3 is 2.79 bits per heavy atom. The maximum Gasteiger partial charge on any atom is 0.0586 e. The lowest BCUT2D eigenvalue weighted by atomic mass is 9.86. The van der Waals surface area contributed by atoms with E-state index in [2.05, 4.69) is 11.8 Å². The lowest BCUT2D eigenvalue weighted by molar-refractivity contribution is 0.0859. The fourth-order valence-electron chi connectivity index (χ4n) is 3.24. The predicted octanol–water partition coefficient (Wildman–Crippen LogP) is 2.02. The monoisotopic (exact) mass is 197 g/mol. The lowest BCUT2D eigenvalue weighted by Gasteiger charge is -2.37. The van der Waals surface area contributed by atoms with E-state index in [4.69, 9.17) is 0 Å². The van der Waals surface area contributed by atoms with E-state index >= 15 is 0 Å². The highest BCUT2D eigenvalue weighted by atomic mass is 16.3. The van der Waals surface area contributed by atoms with Gasteiger partial charge >= 0.3 is 0 Å². The largest absolute Gasteiger partial charge is 0.395 e. The third-order valence-corrected chi connectivity index (χ3v) is 4.01. The van der Waals surface area contributed by atoms with Crippen molar-refractivity contribution in [1.82, 2.24) is 4.90 Å². The van der Waals surface area contributed by atoms with E-state index in [1.807, 2.05) is 0 Å². The van der Waals surface area contributed by atoms with Crippen LogP contribution in [-0.2, 0) is 0 Å². The summed E-state index contributed by atoms with van der Waals surface area (Å²) in [5, 5.41) is 9.29. The molecule has 2 aliphatic rings. The lowest BCUT2D eigenvalue weighted by Crippen LogP contribution is -2.43. The van der Waals surface area contributed by atoms with Gasteiger partial charge in [-0.15, -0.1) is 0 Å². The Morgan fingerprint density at radius 2 is 2.07 bits per heavy atom. The molecule has 0 amide bonds. The molecule has 1 saturated carbocycles. The molecule has 1 N–H and O–H groups in total. The van der Waals surface area contributed by atoms with Crippen molar-refractivity contribution in [3.63, 3.8) is 0 Å². The van der Waals surface area contributed by atoms with Gasteiger partial charge in [0.2, 0.25) is 0 Å². The van der Waals surface area contributed by atoms with E-state index in [0.29, 0.717) is 12.6 Å². The van der Waals surface area contributed by atoms with E-state index < -0.39 is 0 Å². The number of aliphatic hydroxyl groups excluding tert-OH is 1. The van der Waals surface area contributed by atoms with Crippen LogP contribution in [0.3, 0.4) is 0 Å². The second-order valence-electron chi connectivity index (χ2n) is 5.14. The van der Waals surface area contributed by atoms with Crippen LogP contribution in [0.25, 0.3) is 0 Å². The molecular formula is C12H23NO. The summed E-state index contributed by atoms with van der Waals surface area (Å²) >= 11 is 0. The Bertz CT molecular complexity index is 183. The molecule has 2 unspecified atom stereocenters. The van der Waals surface area contributed by atoms with Gasteiger partial charge in [-0.3, -0.25) is 4.90 Å². The van der Waals surface area contributed by atoms with Gasteiger partial charge in [0.25, 0.3) is 0 Å². The molecule has 1 saturated heterocycles. The molecule has 0 radical (unpaired) electrons. The van der Waals surface area contributed by atoms with Crippen molar-refractivity contribution in [2.75, 3.05) is 13.2 Å². The van der Waals surface area contributed by atoms with Gasteiger partial charge in [-0.2, -0.15) is 0 Å². The van der Waals surface area contributed by atoms with Gasteiger partial charge in [0.05, 0.1) is 6.61 Å². The fourth-order valence-corrected chi connectivity index (χ4v) is 3.24. The van der Waals surface area contributed by atoms with Gasteiger partial charge in [0.1, 0.15) is 0 Å². The molecule has 0 bridgehead atoms. The molecule has 0 aromatic carbocycles. The van der Waals surface area contributed by atoms with Crippen molar-refractivity contribution in [3.8, 4) is 0 Å². The summed E-state index contributed by atoms with van der Waals surface area (Å²) in [4.78, 5) is 2.58. The third-order valence-electron chi connectivity index (χ3n) is 4.01. The summed E-state index contributed by atoms with van der Waals surface area (Å²) in [6.07, 6.45) is 8.02. The van der Waals surface area contributed by atoms with Crippen LogP contribution in [0.5, 0.6) is 0 Å². The Balaban J connectivity index is 1.92. The number of hydrogen-bond acceptors (Lipinski definition) is 2. The number of nitrogens with zero attached hydrogens (tertiary/aromatic N) is 1. The van der Waals surface area contributed by atoms with Crippen molar-refractivity contribution in [3.05, 3.63) is 0 Å². The minimum atomic E-state index is 0.366. The van der Waals surface area contributed by atoms with Gasteiger partial charge in [-0.1, -0.05) is 19.8 Å². The highest BCUT2D eigenvalue weighted by Crippen LogP contribution is 2.31. The molecule has 14 heavy (non-hydrogen) atoms. The average molecular weight is 197 g/mol. The minimum Gasteiger partial charge on any atom is -0.395 e. The van der Waals surface area contributed by atoms with Crippen LogP contribution in [0.4, 0.5) is 0 Å². The Hall–Kier alpha value is -0.0800. The normalized spacial score (nSPS) is 40.3. The molecule has 2 heteroatoms. The number of hydrogen-bond donors (Lipinski definition) is 1. The fraction of sp³-hybridized carbons (Fsp3) is 1.00. The summed E-state index contributed by atoms with van der Waals surface area (Å²) < 4.78 is 0. The maximum atomic E-state index is 9.29.